The van der Waals surface area contributed by atoms with Gasteiger partial charge in [-0.25, -0.2) is 9.13 Å². The van der Waals surface area contributed by atoms with Gasteiger partial charge in [-0.1, -0.05) is 375 Å². The maximum Gasteiger partial charge on any atom is 0.472 e. The molecule has 0 radical (unpaired) electrons. The van der Waals surface area contributed by atoms with E-state index >= 15 is 0 Å². The van der Waals surface area contributed by atoms with Gasteiger partial charge in [-0.15, -0.1) is 0 Å². The van der Waals surface area contributed by atoms with Crippen molar-refractivity contribution >= 4 is 39.5 Å². The second-order valence-corrected chi connectivity index (χ2v) is 32.2. The van der Waals surface area contributed by atoms with Crippen molar-refractivity contribution in [2.24, 2.45) is 5.92 Å². The molecule has 0 spiro atoms. The fraction of sp³-hybridized carbons (Fsp3) is 0.950. The highest BCUT2D eigenvalue weighted by Gasteiger charge is 2.30. The van der Waals surface area contributed by atoms with Crippen LogP contribution in [0.25, 0.3) is 0 Å². The number of hydrogen-bond acceptors (Lipinski definition) is 15. The van der Waals surface area contributed by atoms with Gasteiger partial charge in [0, 0.05) is 25.7 Å². The van der Waals surface area contributed by atoms with Crippen molar-refractivity contribution in [1.82, 2.24) is 0 Å². The molecular weight excluding hydrogens is 1290 g/mol. The summed E-state index contributed by atoms with van der Waals surface area (Å²) in [6.07, 6.45) is 64.1. The lowest BCUT2D eigenvalue weighted by Gasteiger charge is -2.21. The number of carbonyl (C=O) groups is 4. The van der Waals surface area contributed by atoms with E-state index in [2.05, 4.69) is 34.6 Å². The highest BCUT2D eigenvalue weighted by atomic mass is 31.2. The Labute approximate surface area is 607 Å². The molecule has 99 heavy (non-hydrogen) atoms. The fourth-order valence-electron chi connectivity index (χ4n) is 12.4. The zero-order chi connectivity index (χ0) is 72.7. The van der Waals surface area contributed by atoms with E-state index in [0.29, 0.717) is 31.6 Å². The molecule has 0 rings (SSSR count). The van der Waals surface area contributed by atoms with Crippen LogP contribution in [-0.2, 0) is 65.4 Å². The van der Waals surface area contributed by atoms with E-state index < -0.39 is 97.5 Å². The number of carbonyl (C=O) groups excluding carboxylic acids is 4. The second kappa shape index (κ2) is 73.0. The Balaban J connectivity index is 5.19. The molecule has 0 aromatic rings. The topological polar surface area (TPSA) is 237 Å². The van der Waals surface area contributed by atoms with Gasteiger partial charge in [-0.05, 0) is 31.6 Å². The lowest BCUT2D eigenvalue weighted by atomic mass is 10.0. The molecule has 0 aliphatic heterocycles. The van der Waals surface area contributed by atoms with Crippen LogP contribution in [0, 0.1) is 5.92 Å². The first kappa shape index (κ1) is 97.1. The Morgan fingerprint density at radius 3 is 0.687 bits per heavy atom. The Bertz CT molecular complexity index is 1890. The van der Waals surface area contributed by atoms with Crippen molar-refractivity contribution < 1.29 is 80.2 Å². The third-order valence-corrected chi connectivity index (χ3v) is 20.7. The first-order valence-electron chi connectivity index (χ1n) is 41.6. The maximum absolute atomic E-state index is 13.1. The van der Waals surface area contributed by atoms with Crippen molar-refractivity contribution in [3.8, 4) is 0 Å². The number of rotatable bonds is 80. The number of hydrogen-bond donors (Lipinski definition) is 3. The molecule has 0 saturated heterocycles. The summed E-state index contributed by atoms with van der Waals surface area (Å²) in [6.45, 7) is 7.23. The predicted molar refractivity (Wildman–Crippen MR) is 405 cm³/mol. The van der Waals surface area contributed by atoms with Gasteiger partial charge in [0.1, 0.15) is 19.3 Å². The Morgan fingerprint density at radius 1 is 0.273 bits per heavy atom. The van der Waals surface area contributed by atoms with E-state index in [1.165, 1.54) is 244 Å². The average molecular weight is 1450 g/mol. The monoisotopic (exact) mass is 1450 g/mol. The van der Waals surface area contributed by atoms with Crippen LogP contribution in [0.15, 0.2) is 0 Å². The summed E-state index contributed by atoms with van der Waals surface area (Å²) in [6, 6.07) is 0. The Morgan fingerprint density at radius 2 is 0.465 bits per heavy atom. The third-order valence-electron chi connectivity index (χ3n) is 18.8. The highest BCUT2D eigenvalue weighted by Crippen LogP contribution is 2.45. The van der Waals surface area contributed by atoms with Gasteiger partial charge in [0.2, 0.25) is 0 Å². The van der Waals surface area contributed by atoms with Crippen LogP contribution < -0.4 is 0 Å². The van der Waals surface area contributed by atoms with Crippen LogP contribution in [0.3, 0.4) is 0 Å². The molecule has 0 fully saturated rings. The summed E-state index contributed by atoms with van der Waals surface area (Å²) in [5.41, 5.74) is 0. The molecule has 0 bridgehead atoms. The predicted octanol–water partition coefficient (Wildman–Crippen LogP) is 24.0. The summed E-state index contributed by atoms with van der Waals surface area (Å²) in [5.74, 6) is -1.43. The normalized spacial score (nSPS) is 13.9. The van der Waals surface area contributed by atoms with Crippen LogP contribution in [-0.4, -0.2) is 96.7 Å². The number of phosphoric ester groups is 2. The second-order valence-electron chi connectivity index (χ2n) is 29.3. The summed E-state index contributed by atoms with van der Waals surface area (Å²) in [4.78, 5) is 72.9. The Hall–Kier alpha value is -1.94. The minimum Gasteiger partial charge on any atom is -0.462 e. The van der Waals surface area contributed by atoms with Gasteiger partial charge >= 0.3 is 39.5 Å². The summed E-state index contributed by atoms with van der Waals surface area (Å²) in [5, 5.41) is 10.6. The molecule has 2 unspecified atom stereocenters. The van der Waals surface area contributed by atoms with Gasteiger partial charge in [0.05, 0.1) is 26.4 Å². The van der Waals surface area contributed by atoms with Crippen LogP contribution in [0.2, 0.25) is 0 Å². The number of unbranched alkanes of at least 4 members (excludes halogenated alkanes) is 52. The third kappa shape index (κ3) is 74.1. The minimum absolute atomic E-state index is 0.106. The summed E-state index contributed by atoms with van der Waals surface area (Å²) < 4.78 is 68.6. The number of aliphatic hydroxyl groups excluding tert-OH is 1. The van der Waals surface area contributed by atoms with E-state index in [0.717, 1.165) is 96.3 Å². The summed E-state index contributed by atoms with van der Waals surface area (Å²) >= 11 is 0. The quantitative estimate of drug-likeness (QED) is 0.0222. The molecular formula is C80H156O17P2. The minimum atomic E-state index is -4.96. The van der Waals surface area contributed by atoms with Gasteiger partial charge < -0.3 is 33.8 Å². The average Bonchev–Trinajstić information content (AvgIpc) is 1.02. The largest absolute Gasteiger partial charge is 0.472 e. The van der Waals surface area contributed by atoms with Crippen LogP contribution >= 0.6 is 15.6 Å². The van der Waals surface area contributed by atoms with Gasteiger partial charge in [-0.3, -0.25) is 37.3 Å². The SMILES string of the molecule is CCCCCCCCCCCCCCCCCCCCCCCC(=O)O[C@H](COC(=O)CCCCCCCCCCCCCCCCCCCC)COP(=O)(O)OC[C@@H](O)COP(=O)(O)OC[C@@H](COC(=O)CCCCCCCCC(C)C)OC(=O)CCCCCCCCCCCCC. The van der Waals surface area contributed by atoms with E-state index in [-0.39, 0.29) is 25.7 Å². The molecule has 588 valence electrons. The highest BCUT2D eigenvalue weighted by molar-refractivity contribution is 7.47. The lowest BCUT2D eigenvalue weighted by molar-refractivity contribution is -0.161. The Kier molecular flexibility index (Phi) is 71.6. The zero-order valence-electron chi connectivity index (χ0n) is 64.6. The summed E-state index contributed by atoms with van der Waals surface area (Å²) in [7, 11) is -9.91. The smallest absolute Gasteiger partial charge is 0.462 e. The molecule has 17 nitrogen and oxygen atoms in total. The van der Waals surface area contributed by atoms with Gasteiger partial charge in [0.15, 0.2) is 12.2 Å². The number of ether oxygens (including phenoxy) is 4. The van der Waals surface area contributed by atoms with Crippen molar-refractivity contribution in [3.63, 3.8) is 0 Å². The van der Waals surface area contributed by atoms with Crippen molar-refractivity contribution in [1.29, 1.82) is 0 Å². The van der Waals surface area contributed by atoms with Crippen molar-refractivity contribution in [3.05, 3.63) is 0 Å². The zero-order valence-corrected chi connectivity index (χ0v) is 66.4. The van der Waals surface area contributed by atoms with E-state index in [1.807, 2.05) is 0 Å². The molecule has 5 atom stereocenters. The van der Waals surface area contributed by atoms with Crippen LogP contribution in [0.1, 0.15) is 426 Å². The maximum atomic E-state index is 13.1. The fourth-order valence-corrected chi connectivity index (χ4v) is 14.0. The van der Waals surface area contributed by atoms with Crippen molar-refractivity contribution in [2.45, 2.75) is 445 Å². The molecule has 0 saturated carbocycles. The number of esters is 4. The molecule has 0 aromatic heterocycles. The number of aliphatic hydroxyl groups is 1. The molecule has 0 aromatic carbocycles. The van der Waals surface area contributed by atoms with Crippen LogP contribution in [0.4, 0.5) is 0 Å². The molecule has 0 heterocycles. The van der Waals surface area contributed by atoms with Crippen LogP contribution in [0.5, 0.6) is 0 Å². The number of phosphoric acid groups is 2. The molecule has 19 heteroatoms. The standard InChI is InChI=1S/C80H156O17P2/c1-6-9-12-15-18-21-24-26-28-30-32-33-34-36-38-40-43-46-49-56-61-66-80(85)96-75(69-90-77(82)63-58-53-47-44-42-39-37-35-31-29-27-25-22-19-16-13-10-7-2)71-94-98(86,87)92-67-74(81)68-93-99(88,89)95-72-76(70-91-78(83)64-59-54-51-50-52-57-62-73(4)5)97-79(84)65-60-55-48-45-41-23-20-17-14-11-8-3/h73-76,81H,6-72H2,1-5H3,(H,86,87)(H,88,89)/t74-,75-,76-/m1/s1. The molecule has 0 aliphatic carbocycles. The first-order valence-corrected chi connectivity index (χ1v) is 44.6. The van der Waals surface area contributed by atoms with Gasteiger partial charge in [0.25, 0.3) is 0 Å². The lowest BCUT2D eigenvalue weighted by Crippen LogP contribution is -2.30. The molecule has 0 amide bonds. The van der Waals surface area contributed by atoms with E-state index in [1.54, 1.807) is 0 Å². The van der Waals surface area contributed by atoms with E-state index in [9.17, 15) is 43.2 Å². The van der Waals surface area contributed by atoms with Gasteiger partial charge in [-0.2, -0.15) is 0 Å². The first-order chi connectivity index (χ1) is 48.0. The van der Waals surface area contributed by atoms with E-state index in [4.69, 9.17) is 37.0 Å². The molecule has 3 N–H and O–H groups in total. The van der Waals surface area contributed by atoms with Crippen molar-refractivity contribution in [2.75, 3.05) is 39.6 Å². The molecule has 0 aliphatic rings.